The molecular weight excluding hydrogens is 266 g/mol. The maximum atomic E-state index is 12.4. The molecule has 0 radical (unpaired) electrons. The number of pyridine rings is 1. The molecule has 0 bridgehead atoms. The fourth-order valence-electron chi connectivity index (χ4n) is 2.17. The van der Waals surface area contributed by atoms with E-state index in [4.69, 9.17) is 5.73 Å². The Bertz CT molecular complexity index is 692. The standard InChI is InChI=1S/C16H19N3O2/c1-2-19-11-13(7-8-15(19)20)18-16(21)14-6-4-3-5-12(14)9-10-17/h3-8,11H,2,9-10,17H2,1H3,(H,18,21). The smallest absolute Gasteiger partial charge is 0.255 e. The summed E-state index contributed by atoms with van der Waals surface area (Å²) in [5.74, 6) is -0.194. The van der Waals surface area contributed by atoms with E-state index in [0.717, 1.165) is 5.56 Å². The van der Waals surface area contributed by atoms with Crippen LogP contribution >= 0.6 is 0 Å². The molecule has 5 nitrogen and oxygen atoms in total. The summed E-state index contributed by atoms with van der Waals surface area (Å²) >= 11 is 0. The van der Waals surface area contributed by atoms with Crippen molar-refractivity contribution in [1.82, 2.24) is 4.57 Å². The first kappa shape index (κ1) is 15.0. The minimum absolute atomic E-state index is 0.0842. The van der Waals surface area contributed by atoms with Crippen molar-refractivity contribution in [3.8, 4) is 0 Å². The number of carbonyl (C=O) groups is 1. The van der Waals surface area contributed by atoms with Gasteiger partial charge in [0.15, 0.2) is 0 Å². The van der Waals surface area contributed by atoms with Crippen LogP contribution in [-0.4, -0.2) is 17.0 Å². The highest BCUT2D eigenvalue weighted by atomic mass is 16.1. The summed E-state index contributed by atoms with van der Waals surface area (Å²) in [6.07, 6.45) is 2.30. The Balaban J connectivity index is 2.24. The van der Waals surface area contributed by atoms with E-state index in [0.29, 0.717) is 30.8 Å². The van der Waals surface area contributed by atoms with Crippen LogP contribution in [0.5, 0.6) is 0 Å². The second-order valence-corrected chi connectivity index (χ2v) is 4.69. The van der Waals surface area contributed by atoms with Crippen molar-refractivity contribution in [2.45, 2.75) is 19.9 Å². The SMILES string of the molecule is CCn1cc(NC(=O)c2ccccc2CCN)ccc1=O. The number of rotatable bonds is 5. The molecule has 0 saturated heterocycles. The van der Waals surface area contributed by atoms with Gasteiger partial charge in [-0.2, -0.15) is 0 Å². The van der Waals surface area contributed by atoms with Gasteiger partial charge in [0.2, 0.25) is 0 Å². The highest BCUT2D eigenvalue weighted by molar-refractivity contribution is 6.05. The van der Waals surface area contributed by atoms with Gasteiger partial charge >= 0.3 is 0 Å². The first-order valence-corrected chi connectivity index (χ1v) is 6.95. The highest BCUT2D eigenvalue weighted by Crippen LogP contribution is 2.12. The van der Waals surface area contributed by atoms with Crippen LogP contribution in [0.25, 0.3) is 0 Å². The van der Waals surface area contributed by atoms with E-state index in [1.807, 2.05) is 25.1 Å². The van der Waals surface area contributed by atoms with E-state index >= 15 is 0 Å². The first-order valence-electron chi connectivity index (χ1n) is 6.95. The summed E-state index contributed by atoms with van der Waals surface area (Å²) in [5, 5.41) is 2.82. The lowest BCUT2D eigenvalue weighted by Crippen LogP contribution is -2.20. The molecule has 0 saturated carbocycles. The minimum atomic E-state index is -0.194. The predicted octanol–water partition coefficient (Wildman–Crippen LogP) is 1.62. The zero-order chi connectivity index (χ0) is 15.2. The fourth-order valence-corrected chi connectivity index (χ4v) is 2.17. The van der Waals surface area contributed by atoms with Gasteiger partial charge in [-0.25, -0.2) is 0 Å². The minimum Gasteiger partial charge on any atom is -0.330 e. The number of nitrogens with one attached hydrogen (secondary N) is 1. The van der Waals surface area contributed by atoms with Crippen LogP contribution in [0.1, 0.15) is 22.8 Å². The van der Waals surface area contributed by atoms with Gasteiger partial charge in [0.1, 0.15) is 0 Å². The number of carbonyl (C=O) groups excluding carboxylic acids is 1. The molecular formula is C16H19N3O2. The topological polar surface area (TPSA) is 77.1 Å². The Morgan fingerprint density at radius 3 is 2.71 bits per heavy atom. The molecule has 21 heavy (non-hydrogen) atoms. The normalized spacial score (nSPS) is 10.4. The van der Waals surface area contributed by atoms with Gasteiger partial charge in [-0.1, -0.05) is 18.2 Å². The van der Waals surface area contributed by atoms with Crippen LogP contribution in [0.15, 0.2) is 47.4 Å². The number of benzene rings is 1. The van der Waals surface area contributed by atoms with Crippen LogP contribution in [0.2, 0.25) is 0 Å². The van der Waals surface area contributed by atoms with E-state index in [9.17, 15) is 9.59 Å². The second kappa shape index (κ2) is 6.85. The maximum absolute atomic E-state index is 12.4. The third-order valence-electron chi connectivity index (χ3n) is 3.26. The first-order chi connectivity index (χ1) is 10.2. The molecule has 1 aromatic heterocycles. The largest absolute Gasteiger partial charge is 0.330 e. The predicted molar refractivity (Wildman–Crippen MR) is 83.5 cm³/mol. The van der Waals surface area contributed by atoms with E-state index in [1.165, 1.54) is 6.07 Å². The molecule has 110 valence electrons. The molecule has 1 aromatic carbocycles. The van der Waals surface area contributed by atoms with Gasteiger partial charge in [-0.3, -0.25) is 9.59 Å². The molecule has 0 aliphatic rings. The average Bonchev–Trinajstić information content (AvgIpc) is 2.50. The lowest BCUT2D eigenvalue weighted by atomic mass is 10.0. The van der Waals surface area contributed by atoms with Crippen molar-refractivity contribution in [1.29, 1.82) is 0 Å². The molecule has 2 rings (SSSR count). The van der Waals surface area contributed by atoms with Crippen LogP contribution < -0.4 is 16.6 Å². The van der Waals surface area contributed by atoms with Gasteiger partial charge in [-0.15, -0.1) is 0 Å². The molecule has 1 heterocycles. The van der Waals surface area contributed by atoms with Gasteiger partial charge in [0.25, 0.3) is 11.5 Å². The monoisotopic (exact) mass is 285 g/mol. The van der Waals surface area contributed by atoms with Crippen LogP contribution in [0, 0.1) is 0 Å². The number of amides is 1. The number of hydrogen-bond acceptors (Lipinski definition) is 3. The molecule has 5 heteroatoms. The molecule has 0 atom stereocenters. The zero-order valence-corrected chi connectivity index (χ0v) is 12.0. The molecule has 3 N–H and O–H groups in total. The van der Waals surface area contributed by atoms with Gasteiger partial charge in [0.05, 0.1) is 5.69 Å². The molecule has 0 spiro atoms. The fraction of sp³-hybridized carbons (Fsp3) is 0.250. The van der Waals surface area contributed by atoms with Gasteiger partial charge in [0, 0.05) is 24.4 Å². The second-order valence-electron chi connectivity index (χ2n) is 4.69. The van der Waals surface area contributed by atoms with Crippen LogP contribution in [-0.2, 0) is 13.0 Å². The van der Waals surface area contributed by atoms with Crippen molar-refractivity contribution in [2.24, 2.45) is 5.73 Å². The summed E-state index contributed by atoms with van der Waals surface area (Å²) in [7, 11) is 0. The molecule has 0 fully saturated rings. The Kier molecular flexibility index (Phi) is 4.90. The quantitative estimate of drug-likeness (QED) is 0.876. The van der Waals surface area contributed by atoms with E-state index in [2.05, 4.69) is 5.32 Å². The van der Waals surface area contributed by atoms with Gasteiger partial charge in [-0.05, 0) is 37.6 Å². The molecule has 0 aliphatic carbocycles. The van der Waals surface area contributed by atoms with Crippen molar-refractivity contribution in [3.05, 3.63) is 64.1 Å². The molecule has 2 aromatic rings. The van der Waals surface area contributed by atoms with Crippen molar-refractivity contribution in [3.63, 3.8) is 0 Å². The Hall–Kier alpha value is -2.40. The average molecular weight is 285 g/mol. The number of nitrogens with two attached hydrogens (primary N) is 1. The summed E-state index contributed by atoms with van der Waals surface area (Å²) in [5.41, 5.74) is 7.61. The number of nitrogens with zero attached hydrogens (tertiary/aromatic N) is 1. The Morgan fingerprint density at radius 2 is 2.00 bits per heavy atom. The van der Waals surface area contributed by atoms with Gasteiger partial charge < -0.3 is 15.6 Å². The van der Waals surface area contributed by atoms with Crippen molar-refractivity contribution in [2.75, 3.05) is 11.9 Å². The summed E-state index contributed by atoms with van der Waals surface area (Å²) in [6.45, 7) is 2.93. The van der Waals surface area contributed by atoms with E-state index in [1.54, 1.807) is 22.9 Å². The lowest BCUT2D eigenvalue weighted by molar-refractivity contribution is 0.102. The summed E-state index contributed by atoms with van der Waals surface area (Å²) < 4.78 is 1.54. The lowest BCUT2D eigenvalue weighted by Gasteiger charge is -2.10. The Morgan fingerprint density at radius 1 is 1.24 bits per heavy atom. The highest BCUT2D eigenvalue weighted by Gasteiger charge is 2.11. The Labute approximate surface area is 123 Å². The van der Waals surface area contributed by atoms with Crippen molar-refractivity contribution >= 4 is 11.6 Å². The third kappa shape index (κ3) is 3.58. The maximum Gasteiger partial charge on any atom is 0.255 e. The number of aromatic nitrogens is 1. The number of anilines is 1. The number of aryl methyl sites for hydroxylation is 1. The zero-order valence-electron chi connectivity index (χ0n) is 12.0. The van der Waals surface area contributed by atoms with Crippen molar-refractivity contribution < 1.29 is 4.79 Å². The number of hydrogen-bond donors (Lipinski definition) is 2. The van der Waals surface area contributed by atoms with Crippen LogP contribution in [0.3, 0.4) is 0 Å². The molecule has 0 aliphatic heterocycles. The molecule has 1 amide bonds. The molecule has 0 unspecified atom stereocenters. The van der Waals surface area contributed by atoms with E-state index < -0.39 is 0 Å². The summed E-state index contributed by atoms with van der Waals surface area (Å²) in [4.78, 5) is 23.9. The third-order valence-corrected chi connectivity index (χ3v) is 3.26. The summed E-state index contributed by atoms with van der Waals surface area (Å²) in [6, 6.07) is 10.4. The van der Waals surface area contributed by atoms with Crippen LogP contribution in [0.4, 0.5) is 5.69 Å². The van der Waals surface area contributed by atoms with E-state index in [-0.39, 0.29) is 11.5 Å².